The molecule has 11 nitrogen and oxygen atoms in total. The summed E-state index contributed by atoms with van der Waals surface area (Å²) in [6.45, 7) is 8.28. The smallest absolute Gasteiger partial charge is 0.410 e. The molecule has 2 aliphatic rings. The molecule has 1 saturated carbocycles. The number of carbonyl (C=O) groups is 1. The Balaban J connectivity index is 1.25. The van der Waals surface area contributed by atoms with E-state index in [2.05, 4.69) is 20.0 Å². The van der Waals surface area contributed by atoms with Crippen molar-refractivity contribution in [3.63, 3.8) is 0 Å². The van der Waals surface area contributed by atoms with E-state index in [4.69, 9.17) is 14.5 Å². The molecule has 0 radical (unpaired) electrons. The second-order valence-electron chi connectivity index (χ2n) is 13.7. The van der Waals surface area contributed by atoms with Crippen molar-refractivity contribution < 1.29 is 35.9 Å². The number of anilines is 2. The Bertz CT molecular complexity index is 2020. The fourth-order valence-corrected chi connectivity index (χ4v) is 7.59. The molecule has 0 unspecified atom stereocenters. The minimum Gasteiger partial charge on any atom is -0.444 e. The van der Waals surface area contributed by atoms with Crippen LogP contribution >= 0.6 is 0 Å². The normalized spacial score (nSPS) is 19.1. The number of sulfonamides is 1. The van der Waals surface area contributed by atoms with E-state index in [-0.39, 0.29) is 41.9 Å². The van der Waals surface area contributed by atoms with Gasteiger partial charge in [-0.25, -0.2) is 41.3 Å². The van der Waals surface area contributed by atoms with Gasteiger partial charge in [-0.1, -0.05) is 12.1 Å². The van der Waals surface area contributed by atoms with Gasteiger partial charge >= 0.3 is 6.09 Å². The zero-order valence-electron chi connectivity index (χ0n) is 28.2. The standard InChI is InChI=1S/C35H39F3N6O5S/c1-21-9-10-24-25(11-12-27(36)29(24)43-50(46,47)20-22-13-15-35(22,37)38)30(21)48-31-26(8-5-16-39-31)28-14-17-40-32(42-28)41-23-7-6-18-44(19-23)33(45)49-34(2,3)4/h5,8-12,14,16-17,22-23,43H,6-7,13,15,18-20H2,1-4H3,(H,40,41,42)/t22-,23+/m1/s1. The molecule has 1 aliphatic heterocycles. The maximum absolute atomic E-state index is 15.1. The highest BCUT2D eigenvalue weighted by Gasteiger charge is 2.50. The summed E-state index contributed by atoms with van der Waals surface area (Å²) in [6, 6.07) is 10.9. The van der Waals surface area contributed by atoms with Crippen molar-refractivity contribution in [2.24, 2.45) is 5.92 Å². The molecule has 0 bridgehead atoms. The molecule has 2 fully saturated rings. The minimum absolute atomic E-state index is 0.0761. The third kappa shape index (κ3) is 7.87. The lowest BCUT2D eigenvalue weighted by molar-refractivity contribution is -0.122. The van der Waals surface area contributed by atoms with Crippen LogP contribution in [0.2, 0.25) is 0 Å². The molecule has 2 atom stereocenters. The number of hydrogen-bond acceptors (Lipinski definition) is 9. The number of pyridine rings is 1. The van der Waals surface area contributed by atoms with E-state index in [1.165, 1.54) is 6.07 Å². The third-order valence-electron chi connectivity index (χ3n) is 8.71. The fourth-order valence-electron chi connectivity index (χ4n) is 6.05. The lowest BCUT2D eigenvalue weighted by atomic mass is 9.82. The number of carbonyl (C=O) groups excluding carboxylic acids is 1. The van der Waals surface area contributed by atoms with Gasteiger partial charge in [-0.05, 0) is 82.9 Å². The van der Waals surface area contributed by atoms with Crippen LogP contribution in [0.5, 0.6) is 11.6 Å². The monoisotopic (exact) mass is 712 g/mol. The number of alkyl halides is 2. The van der Waals surface area contributed by atoms with Gasteiger partial charge in [0.1, 0.15) is 17.2 Å². The van der Waals surface area contributed by atoms with Gasteiger partial charge in [0.15, 0.2) is 0 Å². The number of fused-ring (bicyclic) bond motifs is 1. The van der Waals surface area contributed by atoms with E-state index in [9.17, 15) is 22.0 Å². The number of ether oxygens (including phenoxy) is 2. The van der Waals surface area contributed by atoms with Crippen LogP contribution in [-0.2, 0) is 14.8 Å². The van der Waals surface area contributed by atoms with Crippen molar-refractivity contribution in [2.45, 2.75) is 70.9 Å². The largest absolute Gasteiger partial charge is 0.444 e. The van der Waals surface area contributed by atoms with Gasteiger partial charge in [-0.15, -0.1) is 0 Å². The number of nitrogens with zero attached hydrogens (tertiary/aromatic N) is 4. The highest BCUT2D eigenvalue weighted by atomic mass is 32.2. The van der Waals surface area contributed by atoms with Crippen LogP contribution in [0.4, 0.5) is 29.6 Å². The van der Waals surface area contributed by atoms with Crippen molar-refractivity contribution >= 4 is 38.5 Å². The molecule has 1 aliphatic carbocycles. The van der Waals surface area contributed by atoms with Crippen molar-refractivity contribution in [1.29, 1.82) is 0 Å². The summed E-state index contributed by atoms with van der Waals surface area (Å²) < 4.78 is 82.8. The molecule has 1 amide bonds. The molecule has 1 saturated heterocycles. The molecule has 4 aromatic rings. The first kappa shape index (κ1) is 35.2. The van der Waals surface area contributed by atoms with Gasteiger partial charge in [0, 0.05) is 54.6 Å². The van der Waals surface area contributed by atoms with Crippen LogP contribution in [0.25, 0.3) is 22.0 Å². The van der Waals surface area contributed by atoms with Gasteiger partial charge in [-0.3, -0.25) is 4.72 Å². The van der Waals surface area contributed by atoms with Crippen molar-refractivity contribution in [3.05, 3.63) is 66.2 Å². The van der Waals surface area contributed by atoms with Gasteiger partial charge in [-0.2, -0.15) is 0 Å². The van der Waals surface area contributed by atoms with E-state index in [1.807, 2.05) is 20.8 Å². The topological polar surface area (TPSA) is 136 Å². The Kier molecular flexibility index (Phi) is 9.55. The molecule has 2 aromatic heterocycles. The predicted octanol–water partition coefficient (Wildman–Crippen LogP) is 7.53. The average Bonchev–Trinajstić information content (AvgIpc) is 3.05. The quantitative estimate of drug-likeness (QED) is 0.181. The van der Waals surface area contributed by atoms with Crippen molar-refractivity contribution in [1.82, 2.24) is 19.9 Å². The average molecular weight is 713 g/mol. The maximum Gasteiger partial charge on any atom is 0.410 e. The second kappa shape index (κ2) is 13.6. The number of rotatable bonds is 9. The van der Waals surface area contributed by atoms with E-state index >= 15 is 4.39 Å². The molecule has 0 spiro atoms. The Labute approximate surface area is 288 Å². The summed E-state index contributed by atoms with van der Waals surface area (Å²) in [5.41, 5.74) is 0.723. The van der Waals surface area contributed by atoms with Crippen molar-refractivity contribution in [2.75, 3.05) is 28.9 Å². The van der Waals surface area contributed by atoms with Crippen molar-refractivity contribution in [3.8, 4) is 22.9 Å². The number of halogens is 3. The Morgan fingerprint density at radius 3 is 2.56 bits per heavy atom. The highest BCUT2D eigenvalue weighted by molar-refractivity contribution is 7.92. The Morgan fingerprint density at radius 2 is 1.84 bits per heavy atom. The maximum atomic E-state index is 15.1. The number of nitrogens with one attached hydrogen (secondary N) is 2. The van der Waals surface area contributed by atoms with E-state index in [0.717, 1.165) is 18.9 Å². The fraction of sp³-hybridized carbons (Fsp3) is 0.429. The number of amides is 1. The molecule has 15 heteroatoms. The lowest BCUT2D eigenvalue weighted by Gasteiger charge is -2.35. The summed E-state index contributed by atoms with van der Waals surface area (Å²) in [5.74, 6) is -5.24. The third-order valence-corrected chi connectivity index (χ3v) is 10.1. The number of benzene rings is 2. The molecule has 266 valence electrons. The molecular formula is C35H39F3N6O5S. The number of piperidine rings is 1. The molecule has 3 heterocycles. The van der Waals surface area contributed by atoms with E-state index < -0.39 is 39.0 Å². The van der Waals surface area contributed by atoms with Crippen LogP contribution in [0, 0.1) is 18.7 Å². The van der Waals surface area contributed by atoms with Gasteiger partial charge in [0.05, 0.1) is 22.7 Å². The SMILES string of the molecule is Cc1ccc2c(NS(=O)(=O)C[C@H]3CCC3(F)F)c(F)ccc2c1Oc1ncccc1-c1ccnc(N[C@H]2CCCN(C(=O)OC(C)(C)C)C2)n1. The van der Waals surface area contributed by atoms with E-state index in [1.54, 1.807) is 54.5 Å². The van der Waals surface area contributed by atoms with Gasteiger partial charge < -0.3 is 19.7 Å². The lowest BCUT2D eigenvalue weighted by Crippen LogP contribution is -2.47. The summed E-state index contributed by atoms with van der Waals surface area (Å²) in [6.07, 6.45) is 4.07. The summed E-state index contributed by atoms with van der Waals surface area (Å²) in [7, 11) is -4.30. The van der Waals surface area contributed by atoms with Crippen LogP contribution in [0.3, 0.4) is 0 Å². The number of aromatic nitrogens is 3. The zero-order valence-corrected chi connectivity index (χ0v) is 29.0. The molecule has 2 aromatic carbocycles. The van der Waals surface area contributed by atoms with E-state index in [0.29, 0.717) is 47.0 Å². The Hall–Kier alpha value is -4.66. The molecule has 6 rings (SSSR count). The first-order valence-corrected chi connectivity index (χ1v) is 18.0. The molecule has 2 N–H and O–H groups in total. The van der Waals surface area contributed by atoms with Crippen LogP contribution < -0.4 is 14.8 Å². The first-order chi connectivity index (χ1) is 23.6. The second-order valence-corrected chi connectivity index (χ2v) is 15.5. The molecule has 50 heavy (non-hydrogen) atoms. The summed E-state index contributed by atoms with van der Waals surface area (Å²) in [4.78, 5) is 27.9. The summed E-state index contributed by atoms with van der Waals surface area (Å²) in [5, 5.41) is 3.90. The molecular weight excluding hydrogens is 673 g/mol. The van der Waals surface area contributed by atoms with Crippen LogP contribution in [-0.4, -0.2) is 70.8 Å². The predicted molar refractivity (Wildman–Crippen MR) is 184 cm³/mol. The number of aryl methyl sites for hydroxylation is 1. The van der Waals surface area contributed by atoms with Crippen LogP contribution in [0.15, 0.2) is 54.9 Å². The number of likely N-dealkylation sites (tertiary alicyclic amines) is 1. The highest BCUT2D eigenvalue weighted by Crippen LogP contribution is 2.45. The van der Waals surface area contributed by atoms with Gasteiger partial charge in [0.25, 0.3) is 5.92 Å². The van der Waals surface area contributed by atoms with Crippen LogP contribution in [0.1, 0.15) is 52.0 Å². The zero-order chi connectivity index (χ0) is 35.8. The first-order valence-electron chi connectivity index (χ1n) is 16.4. The minimum atomic E-state index is -4.30. The van der Waals surface area contributed by atoms with Gasteiger partial charge in [0.2, 0.25) is 21.9 Å². The summed E-state index contributed by atoms with van der Waals surface area (Å²) >= 11 is 0. The Morgan fingerprint density at radius 1 is 1.06 bits per heavy atom. The number of hydrogen-bond donors (Lipinski definition) is 2.